The van der Waals surface area contributed by atoms with E-state index in [9.17, 15) is 0 Å². The van der Waals surface area contributed by atoms with E-state index in [0.29, 0.717) is 5.25 Å². The summed E-state index contributed by atoms with van der Waals surface area (Å²) in [4.78, 5) is 0. The third-order valence-electron chi connectivity index (χ3n) is 2.87. The fourth-order valence-corrected chi connectivity index (χ4v) is 2.79. The van der Waals surface area contributed by atoms with Gasteiger partial charge in [0.15, 0.2) is 0 Å². The van der Waals surface area contributed by atoms with Crippen molar-refractivity contribution in [3.8, 4) is 5.40 Å². The van der Waals surface area contributed by atoms with Gasteiger partial charge in [-0.05, 0) is 38.5 Å². The molecule has 1 unspecified atom stereocenters. The number of thioether (sulfide) groups is 1. The van der Waals surface area contributed by atoms with Gasteiger partial charge < -0.3 is 4.43 Å². The average Bonchev–Trinajstić information content (AvgIpc) is 2.24. The van der Waals surface area contributed by atoms with E-state index in [1.54, 1.807) is 0 Å². The Morgan fingerprint density at radius 1 is 1.38 bits per heavy atom. The Balaban J connectivity index is 3.93. The highest BCUT2D eigenvalue weighted by atomic mass is 32.2. The number of nitriles is 1. The van der Waals surface area contributed by atoms with E-state index in [1.807, 2.05) is 0 Å². The van der Waals surface area contributed by atoms with Gasteiger partial charge in [0, 0.05) is 5.25 Å². The zero-order valence-electron chi connectivity index (χ0n) is 11.1. The first-order valence-corrected chi connectivity index (χ1v) is 7.85. The lowest BCUT2D eigenvalue weighted by molar-refractivity contribution is 0.111. The SMILES string of the molecule is CCCCCCC(CC(C)(C)O[SiH3])SC#N. The predicted molar refractivity (Wildman–Crippen MR) is 75.5 cm³/mol. The summed E-state index contributed by atoms with van der Waals surface area (Å²) in [6, 6.07) is 0. The molecule has 2 nitrogen and oxygen atoms in total. The van der Waals surface area contributed by atoms with Crippen LogP contribution in [0.5, 0.6) is 0 Å². The number of unbranched alkanes of at least 4 members (excludes halogenated alkanes) is 3. The smallest absolute Gasteiger partial charge is 0.146 e. The fourth-order valence-electron chi connectivity index (χ4n) is 1.71. The van der Waals surface area contributed by atoms with E-state index >= 15 is 0 Å². The van der Waals surface area contributed by atoms with Crippen molar-refractivity contribution in [1.29, 1.82) is 5.26 Å². The zero-order chi connectivity index (χ0) is 12.4. The van der Waals surface area contributed by atoms with E-state index in [-0.39, 0.29) is 5.60 Å². The second kappa shape index (κ2) is 9.09. The molecule has 0 fully saturated rings. The van der Waals surface area contributed by atoms with Crippen LogP contribution in [0.25, 0.3) is 0 Å². The minimum absolute atomic E-state index is 0.0501. The van der Waals surface area contributed by atoms with Crippen molar-refractivity contribution in [1.82, 2.24) is 0 Å². The summed E-state index contributed by atoms with van der Waals surface area (Å²) in [5.74, 6) is 0. The molecular weight excluding hydrogens is 234 g/mol. The van der Waals surface area contributed by atoms with Crippen molar-refractivity contribution in [2.75, 3.05) is 0 Å². The van der Waals surface area contributed by atoms with Gasteiger partial charge in [0.1, 0.15) is 15.9 Å². The van der Waals surface area contributed by atoms with Crippen LogP contribution in [0.15, 0.2) is 0 Å². The van der Waals surface area contributed by atoms with Crippen LogP contribution in [0.3, 0.4) is 0 Å². The molecule has 0 aliphatic heterocycles. The molecular formula is C12H25NOSSi. The highest BCUT2D eigenvalue weighted by Gasteiger charge is 2.22. The molecule has 0 spiro atoms. The highest BCUT2D eigenvalue weighted by Crippen LogP contribution is 2.27. The third kappa shape index (κ3) is 8.20. The molecule has 94 valence electrons. The molecule has 0 bridgehead atoms. The summed E-state index contributed by atoms with van der Waals surface area (Å²) in [5, 5.41) is 11.5. The third-order valence-corrected chi connectivity index (χ3v) is 4.82. The average molecular weight is 259 g/mol. The topological polar surface area (TPSA) is 33.0 Å². The molecule has 0 heterocycles. The van der Waals surface area contributed by atoms with Crippen molar-refractivity contribution in [3.63, 3.8) is 0 Å². The summed E-state index contributed by atoms with van der Waals surface area (Å²) in [6.07, 6.45) is 7.24. The first-order chi connectivity index (χ1) is 7.55. The molecule has 0 aromatic heterocycles. The van der Waals surface area contributed by atoms with Crippen LogP contribution in [-0.2, 0) is 4.43 Å². The van der Waals surface area contributed by atoms with Gasteiger partial charge in [0.2, 0.25) is 0 Å². The lowest BCUT2D eigenvalue weighted by atomic mass is 9.99. The van der Waals surface area contributed by atoms with E-state index < -0.39 is 0 Å². The van der Waals surface area contributed by atoms with E-state index in [2.05, 4.69) is 26.2 Å². The molecule has 1 atom stereocenters. The Labute approximate surface area is 108 Å². The molecule has 0 amide bonds. The quantitative estimate of drug-likeness (QED) is 0.362. The maximum absolute atomic E-state index is 8.79. The predicted octanol–water partition coefficient (Wildman–Crippen LogP) is 3.01. The molecule has 0 radical (unpaired) electrons. The minimum atomic E-state index is -0.0501. The normalized spacial score (nSPS) is 13.6. The zero-order valence-corrected chi connectivity index (χ0v) is 13.9. The van der Waals surface area contributed by atoms with Crippen LogP contribution >= 0.6 is 11.8 Å². The Morgan fingerprint density at radius 3 is 2.56 bits per heavy atom. The standard InChI is InChI=1S/C12H25NOSSi/c1-4-5-6-7-8-11(15-10-13)9-12(2,3)14-16/h11H,4-9H2,1-3,16H3. The van der Waals surface area contributed by atoms with Gasteiger partial charge in [-0.2, -0.15) is 5.26 Å². The van der Waals surface area contributed by atoms with Gasteiger partial charge in [-0.15, -0.1) is 0 Å². The highest BCUT2D eigenvalue weighted by molar-refractivity contribution is 8.04. The molecule has 0 aromatic rings. The molecule has 0 aliphatic rings. The van der Waals surface area contributed by atoms with Crippen molar-refractivity contribution >= 4 is 22.2 Å². The first-order valence-electron chi connectivity index (χ1n) is 6.15. The van der Waals surface area contributed by atoms with Crippen LogP contribution in [0.1, 0.15) is 59.3 Å². The largest absolute Gasteiger partial charge is 0.423 e. The van der Waals surface area contributed by atoms with Gasteiger partial charge in [0.25, 0.3) is 0 Å². The molecule has 0 saturated carbocycles. The Kier molecular flexibility index (Phi) is 9.10. The molecule has 0 aromatic carbocycles. The van der Waals surface area contributed by atoms with Crippen LogP contribution in [0, 0.1) is 10.7 Å². The van der Waals surface area contributed by atoms with Gasteiger partial charge in [-0.3, -0.25) is 0 Å². The number of rotatable bonds is 9. The number of hydrogen-bond donors (Lipinski definition) is 0. The summed E-state index contributed by atoms with van der Waals surface area (Å²) < 4.78 is 5.56. The second-order valence-electron chi connectivity index (χ2n) is 4.85. The monoisotopic (exact) mass is 259 g/mol. The van der Waals surface area contributed by atoms with Crippen molar-refractivity contribution in [3.05, 3.63) is 0 Å². The lowest BCUT2D eigenvalue weighted by Gasteiger charge is -2.27. The van der Waals surface area contributed by atoms with E-state index in [1.165, 1.54) is 37.4 Å². The van der Waals surface area contributed by atoms with Crippen LogP contribution in [0.4, 0.5) is 0 Å². The summed E-state index contributed by atoms with van der Waals surface area (Å²) in [5.41, 5.74) is -0.0501. The fraction of sp³-hybridized carbons (Fsp3) is 0.917. The summed E-state index contributed by atoms with van der Waals surface area (Å²) >= 11 is 1.42. The van der Waals surface area contributed by atoms with Gasteiger partial charge >= 0.3 is 0 Å². The number of thiocyanates is 1. The Hall–Kier alpha value is 0.0169. The van der Waals surface area contributed by atoms with E-state index in [0.717, 1.165) is 23.3 Å². The molecule has 0 N–H and O–H groups in total. The van der Waals surface area contributed by atoms with Crippen LogP contribution in [0.2, 0.25) is 0 Å². The second-order valence-corrected chi connectivity index (χ2v) is 6.34. The first kappa shape index (κ1) is 16.0. The minimum Gasteiger partial charge on any atom is -0.423 e. The van der Waals surface area contributed by atoms with Gasteiger partial charge in [0.05, 0.1) is 5.60 Å². The molecule has 16 heavy (non-hydrogen) atoms. The Morgan fingerprint density at radius 2 is 2.06 bits per heavy atom. The van der Waals surface area contributed by atoms with Crippen LogP contribution < -0.4 is 0 Å². The summed E-state index contributed by atoms with van der Waals surface area (Å²) in [6.45, 7) is 6.47. The molecule has 4 heteroatoms. The molecule has 0 rings (SSSR count). The number of nitrogens with zero attached hydrogens (tertiary/aromatic N) is 1. The maximum Gasteiger partial charge on any atom is 0.146 e. The van der Waals surface area contributed by atoms with Gasteiger partial charge in [-0.25, -0.2) is 0 Å². The van der Waals surface area contributed by atoms with Crippen molar-refractivity contribution in [2.24, 2.45) is 0 Å². The van der Waals surface area contributed by atoms with Crippen molar-refractivity contribution < 1.29 is 4.43 Å². The van der Waals surface area contributed by atoms with Crippen LogP contribution in [-0.4, -0.2) is 21.3 Å². The summed E-state index contributed by atoms with van der Waals surface area (Å²) in [7, 11) is 0.771. The Bertz CT molecular complexity index is 216. The van der Waals surface area contributed by atoms with Gasteiger partial charge in [-0.1, -0.05) is 32.6 Å². The van der Waals surface area contributed by atoms with Crippen molar-refractivity contribution in [2.45, 2.75) is 70.1 Å². The molecule has 0 aliphatic carbocycles. The molecule has 0 saturated heterocycles. The maximum atomic E-state index is 8.79. The lowest BCUT2D eigenvalue weighted by Crippen LogP contribution is -2.27. The van der Waals surface area contributed by atoms with E-state index in [4.69, 9.17) is 9.69 Å². The number of hydrogen-bond acceptors (Lipinski definition) is 3.